The van der Waals surface area contributed by atoms with Crippen LogP contribution in [0.4, 0.5) is 5.69 Å². The fraction of sp³-hybridized carbons (Fsp3) is 0.154. The summed E-state index contributed by atoms with van der Waals surface area (Å²) in [5, 5.41) is 0. The molecule has 0 atom stereocenters. The van der Waals surface area contributed by atoms with E-state index in [9.17, 15) is 9.59 Å². The highest BCUT2D eigenvalue weighted by molar-refractivity contribution is 6.21. The SMILES string of the molecule is O=C1c2ccccc2C(=O)N1Cc1nc2ccccc2nc1CN1CCc2ccccc21. The van der Waals surface area contributed by atoms with Crippen LogP contribution in [-0.4, -0.2) is 33.2 Å². The van der Waals surface area contributed by atoms with Crippen molar-refractivity contribution in [1.82, 2.24) is 14.9 Å². The number of fused-ring (bicyclic) bond motifs is 3. The van der Waals surface area contributed by atoms with Gasteiger partial charge in [0.25, 0.3) is 11.8 Å². The third kappa shape index (κ3) is 2.95. The van der Waals surface area contributed by atoms with E-state index in [4.69, 9.17) is 9.97 Å². The van der Waals surface area contributed by atoms with Crippen molar-refractivity contribution >= 4 is 28.5 Å². The van der Waals surface area contributed by atoms with Crippen LogP contribution < -0.4 is 4.90 Å². The molecule has 6 nitrogen and oxygen atoms in total. The van der Waals surface area contributed by atoms with Crippen molar-refractivity contribution in [3.63, 3.8) is 0 Å². The number of amides is 2. The van der Waals surface area contributed by atoms with E-state index < -0.39 is 0 Å². The first-order chi connectivity index (χ1) is 15.7. The molecule has 0 fully saturated rings. The maximum atomic E-state index is 12.9. The number of nitrogens with zero attached hydrogens (tertiary/aromatic N) is 4. The van der Waals surface area contributed by atoms with Gasteiger partial charge in [-0.1, -0.05) is 42.5 Å². The van der Waals surface area contributed by atoms with Gasteiger partial charge >= 0.3 is 0 Å². The van der Waals surface area contributed by atoms with E-state index in [1.807, 2.05) is 30.3 Å². The van der Waals surface area contributed by atoms with Crippen molar-refractivity contribution in [2.45, 2.75) is 19.5 Å². The minimum absolute atomic E-state index is 0.106. The molecule has 0 spiro atoms. The van der Waals surface area contributed by atoms with Crippen LogP contribution in [0, 0.1) is 0 Å². The topological polar surface area (TPSA) is 66.4 Å². The average molecular weight is 420 g/mol. The molecule has 4 aromatic rings. The van der Waals surface area contributed by atoms with Gasteiger partial charge in [-0.15, -0.1) is 0 Å². The zero-order chi connectivity index (χ0) is 21.7. The van der Waals surface area contributed by atoms with Crippen molar-refractivity contribution < 1.29 is 9.59 Å². The lowest BCUT2D eigenvalue weighted by Gasteiger charge is -2.22. The lowest BCUT2D eigenvalue weighted by molar-refractivity contribution is 0.0640. The first-order valence-corrected chi connectivity index (χ1v) is 10.7. The molecule has 3 aromatic carbocycles. The molecule has 0 N–H and O–H groups in total. The molecule has 2 aliphatic rings. The Morgan fingerprint density at radius 1 is 0.688 bits per heavy atom. The van der Waals surface area contributed by atoms with Crippen molar-refractivity contribution in [3.8, 4) is 0 Å². The summed E-state index contributed by atoms with van der Waals surface area (Å²) in [7, 11) is 0. The number of para-hydroxylation sites is 3. The van der Waals surface area contributed by atoms with Gasteiger partial charge in [0, 0.05) is 12.2 Å². The van der Waals surface area contributed by atoms with Crippen LogP contribution in [0.5, 0.6) is 0 Å². The molecule has 0 radical (unpaired) electrons. The molecule has 156 valence electrons. The Labute approximate surface area is 185 Å². The number of imide groups is 1. The van der Waals surface area contributed by atoms with Crippen molar-refractivity contribution in [2.75, 3.05) is 11.4 Å². The molecule has 0 aliphatic carbocycles. The molecular formula is C26H20N4O2. The summed E-state index contributed by atoms with van der Waals surface area (Å²) < 4.78 is 0. The number of benzene rings is 3. The standard InChI is InChI=1S/C26H20N4O2/c31-25-18-8-2-3-9-19(18)26(32)30(25)16-23-22(27-20-10-4-5-11-21(20)28-23)15-29-14-13-17-7-1-6-12-24(17)29/h1-12H,13-16H2. The highest BCUT2D eigenvalue weighted by Gasteiger charge is 2.36. The average Bonchev–Trinajstić information content (AvgIpc) is 3.34. The van der Waals surface area contributed by atoms with E-state index in [2.05, 4.69) is 23.1 Å². The Kier molecular flexibility index (Phi) is 4.24. The molecule has 6 heteroatoms. The van der Waals surface area contributed by atoms with E-state index in [-0.39, 0.29) is 18.4 Å². The van der Waals surface area contributed by atoms with Crippen LogP contribution in [0.2, 0.25) is 0 Å². The smallest absolute Gasteiger partial charge is 0.261 e. The summed E-state index contributed by atoms with van der Waals surface area (Å²) in [4.78, 5) is 39.2. The summed E-state index contributed by atoms with van der Waals surface area (Å²) in [5.74, 6) is -0.559. The molecule has 1 aromatic heterocycles. The van der Waals surface area contributed by atoms with Crippen LogP contribution in [0.15, 0.2) is 72.8 Å². The number of rotatable bonds is 4. The Morgan fingerprint density at radius 3 is 1.94 bits per heavy atom. The third-order valence-corrected chi connectivity index (χ3v) is 6.24. The lowest BCUT2D eigenvalue weighted by atomic mass is 10.1. The second kappa shape index (κ2) is 7.27. The lowest BCUT2D eigenvalue weighted by Crippen LogP contribution is -2.31. The second-order valence-corrected chi connectivity index (χ2v) is 8.15. The molecule has 2 aliphatic heterocycles. The molecule has 0 saturated heterocycles. The number of hydrogen-bond acceptors (Lipinski definition) is 5. The van der Waals surface area contributed by atoms with Crippen molar-refractivity contribution in [2.24, 2.45) is 0 Å². The normalized spacial score (nSPS) is 14.9. The highest BCUT2D eigenvalue weighted by Crippen LogP contribution is 2.30. The van der Waals surface area contributed by atoms with Gasteiger partial charge < -0.3 is 4.90 Å². The molecular weight excluding hydrogens is 400 g/mol. The zero-order valence-electron chi connectivity index (χ0n) is 17.4. The molecule has 2 amide bonds. The monoisotopic (exact) mass is 420 g/mol. The van der Waals surface area contributed by atoms with Gasteiger partial charge in [-0.25, -0.2) is 9.97 Å². The number of carbonyl (C=O) groups excluding carboxylic acids is 2. The molecule has 0 unspecified atom stereocenters. The zero-order valence-corrected chi connectivity index (χ0v) is 17.4. The van der Waals surface area contributed by atoms with Gasteiger partial charge in [0.15, 0.2) is 0 Å². The first kappa shape index (κ1) is 18.7. The minimum atomic E-state index is -0.280. The van der Waals surface area contributed by atoms with Crippen molar-refractivity contribution in [3.05, 3.63) is 101 Å². The van der Waals surface area contributed by atoms with Crippen LogP contribution in [-0.2, 0) is 19.5 Å². The summed E-state index contributed by atoms with van der Waals surface area (Å²) >= 11 is 0. The predicted molar refractivity (Wildman–Crippen MR) is 121 cm³/mol. The summed E-state index contributed by atoms with van der Waals surface area (Å²) in [6.45, 7) is 1.59. The van der Waals surface area contributed by atoms with Gasteiger partial charge in [0.05, 0.1) is 46.6 Å². The van der Waals surface area contributed by atoms with E-state index in [0.29, 0.717) is 23.4 Å². The Hall–Kier alpha value is -4.06. The van der Waals surface area contributed by atoms with Gasteiger partial charge in [-0.2, -0.15) is 0 Å². The molecule has 32 heavy (non-hydrogen) atoms. The Bertz CT molecular complexity index is 1360. The number of carbonyl (C=O) groups is 2. The van der Waals surface area contributed by atoms with Crippen LogP contribution in [0.3, 0.4) is 0 Å². The maximum Gasteiger partial charge on any atom is 0.261 e. The summed E-state index contributed by atoms with van der Waals surface area (Å²) in [5.41, 5.74) is 6.42. The van der Waals surface area contributed by atoms with Crippen LogP contribution in [0.25, 0.3) is 11.0 Å². The van der Waals surface area contributed by atoms with Gasteiger partial charge in [0.2, 0.25) is 0 Å². The number of anilines is 1. The fourth-order valence-corrected chi connectivity index (χ4v) is 4.61. The minimum Gasteiger partial charge on any atom is -0.365 e. The van der Waals surface area contributed by atoms with E-state index in [1.165, 1.54) is 16.2 Å². The highest BCUT2D eigenvalue weighted by atomic mass is 16.2. The maximum absolute atomic E-state index is 12.9. The molecule has 0 saturated carbocycles. The summed E-state index contributed by atoms with van der Waals surface area (Å²) in [6.07, 6.45) is 0.991. The Morgan fingerprint density at radius 2 is 1.25 bits per heavy atom. The van der Waals surface area contributed by atoms with Crippen molar-refractivity contribution in [1.29, 1.82) is 0 Å². The van der Waals surface area contributed by atoms with Gasteiger partial charge in [-0.05, 0) is 42.3 Å². The number of hydrogen-bond donors (Lipinski definition) is 0. The molecule has 0 bridgehead atoms. The summed E-state index contributed by atoms with van der Waals surface area (Å²) in [6, 6.07) is 23.0. The Balaban J connectivity index is 1.39. The molecule has 3 heterocycles. The molecule has 6 rings (SSSR count). The predicted octanol–water partition coefficient (Wildman–Crippen LogP) is 3.99. The van der Waals surface area contributed by atoms with Crippen LogP contribution >= 0.6 is 0 Å². The third-order valence-electron chi connectivity index (χ3n) is 6.24. The fourth-order valence-electron chi connectivity index (χ4n) is 4.61. The quantitative estimate of drug-likeness (QED) is 0.467. The van der Waals surface area contributed by atoms with E-state index in [1.54, 1.807) is 24.3 Å². The van der Waals surface area contributed by atoms with E-state index in [0.717, 1.165) is 29.7 Å². The van der Waals surface area contributed by atoms with E-state index >= 15 is 0 Å². The van der Waals surface area contributed by atoms with Gasteiger partial charge in [-0.3, -0.25) is 14.5 Å². The van der Waals surface area contributed by atoms with Crippen LogP contribution in [0.1, 0.15) is 37.7 Å². The second-order valence-electron chi connectivity index (χ2n) is 8.15. The number of aromatic nitrogens is 2. The largest absolute Gasteiger partial charge is 0.365 e. The first-order valence-electron chi connectivity index (χ1n) is 10.7. The van der Waals surface area contributed by atoms with Gasteiger partial charge in [0.1, 0.15) is 0 Å².